The lowest BCUT2D eigenvalue weighted by molar-refractivity contribution is -0.688. The molecule has 2 aliphatic heterocycles. The highest BCUT2D eigenvalue weighted by Crippen LogP contribution is 2.41. The Balaban J connectivity index is 1.36. The predicted octanol–water partition coefficient (Wildman–Crippen LogP) is 3.54. The number of fused-ring (bicyclic) bond motifs is 1. The van der Waals surface area contributed by atoms with Crippen molar-refractivity contribution >= 4 is 82.2 Å². The molecule has 204 valence electrons. The van der Waals surface area contributed by atoms with Crippen LogP contribution in [0.3, 0.4) is 0 Å². The summed E-state index contributed by atoms with van der Waals surface area (Å²) >= 11 is 16.1. The summed E-state index contributed by atoms with van der Waals surface area (Å²) in [6.45, 7) is 3.66. The molecule has 1 fully saturated rings. The van der Waals surface area contributed by atoms with Crippen molar-refractivity contribution in [3.63, 3.8) is 0 Å². The fourth-order valence-electron chi connectivity index (χ4n) is 3.84. The van der Waals surface area contributed by atoms with Crippen LogP contribution >= 0.6 is 58.5 Å². The van der Waals surface area contributed by atoms with E-state index < -0.39 is 29.3 Å². The van der Waals surface area contributed by atoms with E-state index in [-0.39, 0.29) is 29.5 Å². The quantitative estimate of drug-likeness (QED) is 0.148. The number of carboxylic acid groups (broad SMARTS) is 2. The fourth-order valence-corrected chi connectivity index (χ4v) is 7.52. The Hall–Kier alpha value is -2.64. The van der Waals surface area contributed by atoms with Crippen LogP contribution < -0.4 is 9.88 Å². The number of rotatable bonds is 11. The van der Waals surface area contributed by atoms with Gasteiger partial charge in [-0.2, -0.15) is 0 Å². The molecule has 0 bridgehead atoms. The Morgan fingerprint density at radius 3 is 2.54 bits per heavy atom. The number of nitrogens with one attached hydrogen (secondary N) is 1. The Labute approximate surface area is 246 Å². The van der Waals surface area contributed by atoms with Crippen LogP contribution in [0.25, 0.3) is 0 Å². The van der Waals surface area contributed by atoms with Gasteiger partial charge in [-0.3, -0.25) is 14.5 Å². The van der Waals surface area contributed by atoms with Crippen molar-refractivity contribution in [2.45, 2.75) is 27.8 Å². The number of pyridine rings is 1. The van der Waals surface area contributed by atoms with Crippen LogP contribution in [0, 0.1) is 0 Å². The van der Waals surface area contributed by atoms with Gasteiger partial charge >= 0.3 is 11.9 Å². The lowest BCUT2D eigenvalue weighted by atomic mass is 10.0. The van der Waals surface area contributed by atoms with E-state index in [0.717, 1.165) is 4.90 Å². The van der Waals surface area contributed by atoms with Crippen molar-refractivity contribution in [1.29, 1.82) is 0 Å². The van der Waals surface area contributed by atoms with Crippen LogP contribution in [0.5, 0.6) is 0 Å². The second kappa shape index (κ2) is 12.7. The number of aliphatic carboxylic acids is 2. The highest BCUT2D eigenvalue weighted by atomic mass is 35.5. The van der Waals surface area contributed by atoms with Crippen LogP contribution in [0.4, 0.5) is 0 Å². The SMILES string of the molecule is C=C(C[n+]1ccc(SCC2=C(C(=O)O)N3C(=O)[C@H](NC(=O)CSc4cc(Cl)ccc4Cl)[C@H]3SC2)cc1)C(=O)O. The number of aromatic nitrogens is 1. The van der Waals surface area contributed by atoms with Crippen molar-refractivity contribution in [1.82, 2.24) is 10.2 Å². The molecular weight excluding hydrogens is 605 g/mol. The minimum atomic E-state index is -1.20. The highest BCUT2D eigenvalue weighted by Gasteiger charge is 2.54. The smallest absolute Gasteiger partial charge is 0.352 e. The number of β-lactam (4-membered cyclic amide) rings is 1. The summed E-state index contributed by atoms with van der Waals surface area (Å²) in [7, 11) is 0. The maximum absolute atomic E-state index is 12.9. The first kappa shape index (κ1) is 29.3. The predicted molar refractivity (Wildman–Crippen MR) is 151 cm³/mol. The molecule has 2 amide bonds. The Bertz CT molecular complexity index is 1390. The molecule has 1 aromatic heterocycles. The number of benzene rings is 1. The molecule has 14 heteroatoms. The van der Waals surface area contributed by atoms with Gasteiger partial charge in [0.2, 0.25) is 5.91 Å². The Kier molecular flexibility index (Phi) is 9.55. The molecule has 9 nitrogen and oxygen atoms in total. The van der Waals surface area contributed by atoms with Gasteiger partial charge in [-0.1, -0.05) is 29.8 Å². The van der Waals surface area contributed by atoms with Crippen molar-refractivity contribution < 1.29 is 34.0 Å². The third-order valence-corrected chi connectivity index (χ3v) is 9.94. The average molecular weight is 628 g/mol. The third kappa shape index (κ3) is 6.93. The van der Waals surface area contributed by atoms with Gasteiger partial charge < -0.3 is 15.5 Å². The summed E-state index contributed by atoms with van der Waals surface area (Å²) < 4.78 is 1.68. The zero-order valence-corrected chi connectivity index (χ0v) is 24.1. The zero-order valence-electron chi connectivity index (χ0n) is 20.1. The van der Waals surface area contributed by atoms with Gasteiger partial charge in [0, 0.05) is 38.5 Å². The standard InChI is InChI=1S/C25H21Cl2N3O6S3/c1-13(24(33)34)9-29-6-4-16(5-7-29)37-10-14-11-39-23-20(22(32)30(23)21(14)25(35)36)28-19(31)12-38-18-8-15(26)2-3-17(18)27/h2-8,20,23H,1,9-12H2,(H2-,28,31,33,34,35,36)/p+1/t20-,23+/m0/s1. The van der Waals surface area contributed by atoms with E-state index in [9.17, 15) is 24.3 Å². The third-order valence-electron chi connectivity index (χ3n) is 5.77. The minimum Gasteiger partial charge on any atom is -0.478 e. The number of hydrogen-bond acceptors (Lipinski definition) is 7. The molecule has 0 aliphatic carbocycles. The monoisotopic (exact) mass is 626 g/mol. The maximum Gasteiger partial charge on any atom is 0.352 e. The number of hydrogen-bond donors (Lipinski definition) is 3. The molecule has 3 N–H and O–H groups in total. The van der Waals surface area contributed by atoms with Crippen LogP contribution in [-0.4, -0.2) is 67.5 Å². The number of thioether (sulfide) groups is 3. The number of amides is 2. The second-order valence-corrected chi connectivity index (χ2v) is 12.5. The Morgan fingerprint density at radius 1 is 1.15 bits per heavy atom. The molecule has 1 aromatic carbocycles. The van der Waals surface area contributed by atoms with Crippen molar-refractivity contribution in [3.8, 4) is 0 Å². The summed E-state index contributed by atoms with van der Waals surface area (Å²) in [6.07, 6.45) is 3.44. The van der Waals surface area contributed by atoms with E-state index in [0.29, 0.717) is 32.0 Å². The van der Waals surface area contributed by atoms with Crippen LogP contribution in [0.1, 0.15) is 0 Å². The lowest BCUT2D eigenvalue weighted by Crippen LogP contribution is -2.70. The normalized spacial score (nSPS) is 18.3. The van der Waals surface area contributed by atoms with E-state index in [2.05, 4.69) is 11.9 Å². The Morgan fingerprint density at radius 2 is 1.87 bits per heavy atom. The molecular formula is C25H22Cl2N3O6S3+. The van der Waals surface area contributed by atoms with E-state index in [1.807, 2.05) is 0 Å². The largest absolute Gasteiger partial charge is 0.478 e. The van der Waals surface area contributed by atoms with Gasteiger partial charge in [0.25, 0.3) is 5.91 Å². The molecule has 39 heavy (non-hydrogen) atoms. The van der Waals surface area contributed by atoms with E-state index in [4.69, 9.17) is 28.3 Å². The zero-order chi connectivity index (χ0) is 28.3. The second-order valence-electron chi connectivity index (χ2n) is 8.48. The lowest BCUT2D eigenvalue weighted by Gasteiger charge is -2.49. The van der Waals surface area contributed by atoms with Crippen molar-refractivity contribution in [2.75, 3.05) is 17.3 Å². The molecule has 3 heterocycles. The topological polar surface area (TPSA) is 128 Å². The molecule has 0 saturated carbocycles. The first-order valence-corrected chi connectivity index (χ1v) is 15.1. The van der Waals surface area contributed by atoms with Crippen LogP contribution in [0.15, 0.2) is 75.9 Å². The van der Waals surface area contributed by atoms with Crippen molar-refractivity contribution in [2.24, 2.45) is 0 Å². The molecule has 4 rings (SSSR count). The van der Waals surface area contributed by atoms with E-state index in [1.165, 1.54) is 40.2 Å². The molecule has 0 spiro atoms. The minimum absolute atomic E-state index is 0.0201. The highest BCUT2D eigenvalue weighted by molar-refractivity contribution is 8.01. The number of halogens is 2. The van der Waals surface area contributed by atoms with Gasteiger partial charge in [0.1, 0.15) is 17.1 Å². The molecule has 1 saturated heterocycles. The van der Waals surface area contributed by atoms with E-state index in [1.54, 1.807) is 47.3 Å². The van der Waals surface area contributed by atoms with Gasteiger partial charge in [-0.05, 0) is 23.8 Å². The van der Waals surface area contributed by atoms with Gasteiger partial charge in [-0.25, -0.2) is 14.2 Å². The number of carboxylic acids is 2. The molecule has 0 radical (unpaired) electrons. The van der Waals surface area contributed by atoms with Crippen molar-refractivity contribution in [3.05, 3.63) is 76.2 Å². The number of carbonyl (C=O) groups excluding carboxylic acids is 2. The molecule has 2 atom stereocenters. The summed E-state index contributed by atoms with van der Waals surface area (Å²) in [5.41, 5.74) is 0.614. The summed E-state index contributed by atoms with van der Waals surface area (Å²) in [4.78, 5) is 51.3. The first-order valence-electron chi connectivity index (χ1n) is 11.4. The summed E-state index contributed by atoms with van der Waals surface area (Å²) in [6, 6.07) is 7.73. The van der Waals surface area contributed by atoms with Gasteiger partial charge in [0.15, 0.2) is 18.9 Å². The fraction of sp³-hybridized carbons (Fsp3) is 0.240. The molecule has 2 aliphatic rings. The van der Waals surface area contributed by atoms with Crippen LogP contribution in [-0.2, 0) is 25.7 Å². The van der Waals surface area contributed by atoms with Crippen LogP contribution in [0.2, 0.25) is 10.0 Å². The average Bonchev–Trinajstić information content (AvgIpc) is 2.91. The summed E-state index contributed by atoms with van der Waals surface area (Å²) in [5, 5.41) is 22.0. The molecule has 2 aromatic rings. The first-order chi connectivity index (χ1) is 18.5. The maximum atomic E-state index is 12.9. The van der Waals surface area contributed by atoms with E-state index >= 15 is 0 Å². The summed E-state index contributed by atoms with van der Waals surface area (Å²) in [5.74, 6) is -2.33. The number of nitrogens with zero attached hydrogens (tertiary/aromatic N) is 2. The van der Waals surface area contributed by atoms with Gasteiger partial charge in [0.05, 0.1) is 16.3 Å². The van der Waals surface area contributed by atoms with Gasteiger partial charge in [-0.15, -0.1) is 35.3 Å². The number of carbonyl (C=O) groups is 4. The molecule has 0 unspecified atom stereocenters.